The predicted molar refractivity (Wildman–Crippen MR) is 71.8 cm³/mol. The fourth-order valence-corrected chi connectivity index (χ4v) is 1.89. The third kappa shape index (κ3) is 3.34. The highest BCUT2D eigenvalue weighted by atomic mass is 16.5. The molecule has 1 fully saturated rings. The van der Waals surface area contributed by atoms with Gasteiger partial charge in [-0.3, -0.25) is 14.4 Å². The number of rotatable bonds is 5. The number of nitrogens with two attached hydrogens (primary N) is 1. The van der Waals surface area contributed by atoms with E-state index in [0.29, 0.717) is 11.6 Å². The van der Waals surface area contributed by atoms with E-state index in [-0.39, 0.29) is 24.1 Å². The van der Waals surface area contributed by atoms with Gasteiger partial charge in [-0.25, -0.2) is 0 Å². The largest absolute Gasteiger partial charge is 0.455 e. The summed E-state index contributed by atoms with van der Waals surface area (Å²) < 4.78 is 4.90. The maximum absolute atomic E-state index is 11.7. The van der Waals surface area contributed by atoms with Crippen LogP contribution in [0, 0.1) is 11.8 Å². The number of carbonyl (C=O) groups excluding carboxylic acids is 3. The molecule has 0 spiro atoms. The molecule has 0 unspecified atom stereocenters. The molecule has 2 atom stereocenters. The van der Waals surface area contributed by atoms with Crippen molar-refractivity contribution < 1.29 is 19.1 Å². The number of hydrogen-bond donors (Lipinski definition) is 2. The van der Waals surface area contributed by atoms with Crippen LogP contribution in [0.5, 0.6) is 0 Å². The molecule has 1 aliphatic rings. The number of amides is 2. The second-order valence-electron chi connectivity index (χ2n) is 4.89. The molecule has 0 saturated heterocycles. The molecule has 2 rings (SSSR count). The number of anilines is 1. The molecule has 1 saturated carbocycles. The van der Waals surface area contributed by atoms with Crippen LogP contribution in [-0.2, 0) is 14.3 Å². The minimum atomic E-state index is -0.635. The summed E-state index contributed by atoms with van der Waals surface area (Å²) in [7, 11) is 0. The average molecular weight is 276 g/mol. The topological polar surface area (TPSA) is 98.5 Å². The van der Waals surface area contributed by atoms with Crippen molar-refractivity contribution >= 4 is 23.5 Å². The second-order valence-corrected chi connectivity index (χ2v) is 4.89. The summed E-state index contributed by atoms with van der Waals surface area (Å²) in [5.74, 6) is -1.23. The molecule has 0 aromatic heterocycles. The van der Waals surface area contributed by atoms with E-state index >= 15 is 0 Å². The van der Waals surface area contributed by atoms with Gasteiger partial charge in [-0.2, -0.15) is 0 Å². The Morgan fingerprint density at radius 1 is 1.35 bits per heavy atom. The van der Waals surface area contributed by atoms with Gasteiger partial charge in [-0.1, -0.05) is 19.1 Å². The molecule has 0 aliphatic heterocycles. The van der Waals surface area contributed by atoms with E-state index in [9.17, 15) is 14.4 Å². The summed E-state index contributed by atoms with van der Waals surface area (Å²) in [5.41, 5.74) is 5.72. The normalized spacial score (nSPS) is 20.1. The van der Waals surface area contributed by atoms with Crippen LogP contribution in [0.25, 0.3) is 0 Å². The van der Waals surface area contributed by atoms with Crippen LogP contribution in [0.4, 0.5) is 5.69 Å². The van der Waals surface area contributed by atoms with Crippen molar-refractivity contribution in [1.29, 1.82) is 0 Å². The van der Waals surface area contributed by atoms with Gasteiger partial charge in [0.2, 0.25) is 0 Å². The molecule has 20 heavy (non-hydrogen) atoms. The summed E-state index contributed by atoms with van der Waals surface area (Å²) in [4.78, 5) is 34.3. The number of ether oxygens (including phenoxy) is 1. The summed E-state index contributed by atoms with van der Waals surface area (Å²) in [6.45, 7) is 1.59. The van der Waals surface area contributed by atoms with Gasteiger partial charge in [0.25, 0.3) is 11.8 Å². The zero-order valence-corrected chi connectivity index (χ0v) is 11.1. The fraction of sp³-hybridized carbons (Fsp3) is 0.357. The Morgan fingerprint density at radius 3 is 2.60 bits per heavy atom. The number of nitrogens with one attached hydrogen (secondary N) is 1. The van der Waals surface area contributed by atoms with Gasteiger partial charge in [-0.05, 0) is 24.5 Å². The average Bonchev–Trinajstić information content (AvgIpc) is 3.13. The molecule has 3 N–H and O–H groups in total. The molecule has 0 heterocycles. The van der Waals surface area contributed by atoms with Gasteiger partial charge in [-0.15, -0.1) is 0 Å². The Morgan fingerprint density at radius 2 is 2.00 bits per heavy atom. The first-order valence-electron chi connectivity index (χ1n) is 6.34. The van der Waals surface area contributed by atoms with Crippen molar-refractivity contribution in [2.45, 2.75) is 13.3 Å². The zero-order valence-electron chi connectivity index (χ0n) is 11.1. The van der Waals surface area contributed by atoms with Crippen molar-refractivity contribution in [3.05, 3.63) is 29.8 Å². The van der Waals surface area contributed by atoms with E-state index in [1.807, 2.05) is 6.92 Å². The number of esters is 1. The van der Waals surface area contributed by atoms with Gasteiger partial charge in [0, 0.05) is 0 Å². The number of carbonyl (C=O) groups is 3. The second kappa shape index (κ2) is 5.73. The number of para-hydroxylation sites is 1. The summed E-state index contributed by atoms with van der Waals surface area (Å²) in [6.07, 6.45) is 0.810. The third-order valence-electron chi connectivity index (χ3n) is 3.22. The first-order valence-corrected chi connectivity index (χ1v) is 6.34. The van der Waals surface area contributed by atoms with Crippen LogP contribution >= 0.6 is 0 Å². The van der Waals surface area contributed by atoms with Crippen LogP contribution in [0.3, 0.4) is 0 Å². The molecule has 0 radical (unpaired) electrons. The van der Waals surface area contributed by atoms with Gasteiger partial charge in [0.15, 0.2) is 6.61 Å². The molecular formula is C14H16N2O4. The molecule has 6 heteroatoms. The van der Waals surface area contributed by atoms with Crippen molar-refractivity contribution in [2.24, 2.45) is 17.6 Å². The third-order valence-corrected chi connectivity index (χ3v) is 3.22. The highest BCUT2D eigenvalue weighted by Crippen LogP contribution is 2.38. The standard InChI is InChI=1S/C14H16N2O4/c1-8-6-10(8)14(19)20-7-12(17)16-11-5-3-2-4-9(11)13(15)18/h2-5,8,10H,6-7H2,1H3,(H2,15,18)(H,16,17)/t8-,10-/m0/s1. The van der Waals surface area contributed by atoms with E-state index in [1.54, 1.807) is 18.2 Å². The van der Waals surface area contributed by atoms with Crippen LogP contribution in [0.1, 0.15) is 23.7 Å². The van der Waals surface area contributed by atoms with Crippen molar-refractivity contribution in [2.75, 3.05) is 11.9 Å². The number of benzene rings is 1. The summed E-state index contributed by atoms with van der Waals surface area (Å²) in [6, 6.07) is 6.38. The minimum absolute atomic E-state index is 0.0827. The van der Waals surface area contributed by atoms with Gasteiger partial charge >= 0.3 is 5.97 Å². The maximum atomic E-state index is 11.7. The lowest BCUT2D eigenvalue weighted by Crippen LogP contribution is -2.23. The Labute approximate surface area is 116 Å². The lowest BCUT2D eigenvalue weighted by Gasteiger charge is -2.09. The van der Waals surface area contributed by atoms with Crippen molar-refractivity contribution in [1.82, 2.24) is 0 Å². The van der Waals surface area contributed by atoms with E-state index in [0.717, 1.165) is 6.42 Å². The van der Waals surface area contributed by atoms with Crippen molar-refractivity contribution in [3.8, 4) is 0 Å². The Bertz CT molecular complexity index is 556. The Balaban J connectivity index is 1.88. The van der Waals surface area contributed by atoms with E-state index in [2.05, 4.69) is 5.32 Å². The molecular weight excluding hydrogens is 260 g/mol. The molecule has 1 aromatic carbocycles. The summed E-state index contributed by atoms with van der Waals surface area (Å²) >= 11 is 0. The first kappa shape index (κ1) is 14.0. The van der Waals surface area contributed by atoms with Gasteiger partial charge in [0.1, 0.15) is 0 Å². The Hall–Kier alpha value is -2.37. The molecule has 106 valence electrons. The van der Waals surface area contributed by atoms with E-state index in [1.165, 1.54) is 6.07 Å². The highest BCUT2D eigenvalue weighted by Gasteiger charge is 2.40. The molecule has 6 nitrogen and oxygen atoms in total. The van der Waals surface area contributed by atoms with Crippen LogP contribution in [-0.4, -0.2) is 24.4 Å². The van der Waals surface area contributed by atoms with Gasteiger partial charge in [0.05, 0.1) is 17.2 Å². The van der Waals surface area contributed by atoms with Crippen molar-refractivity contribution in [3.63, 3.8) is 0 Å². The number of hydrogen-bond acceptors (Lipinski definition) is 4. The van der Waals surface area contributed by atoms with Crippen LogP contribution in [0.15, 0.2) is 24.3 Å². The first-order chi connectivity index (χ1) is 9.49. The fourth-order valence-electron chi connectivity index (χ4n) is 1.89. The van der Waals surface area contributed by atoms with E-state index < -0.39 is 11.8 Å². The summed E-state index contributed by atoms with van der Waals surface area (Å²) in [5, 5.41) is 2.50. The molecule has 0 bridgehead atoms. The molecule has 1 aromatic rings. The molecule has 2 amide bonds. The quantitative estimate of drug-likeness (QED) is 0.781. The molecule has 1 aliphatic carbocycles. The highest BCUT2D eigenvalue weighted by molar-refractivity contribution is 6.03. The van der Waals surface area contributed by atoms with Crippen LogP contribution in [0.2, 0.25) is 0 Å². The Kier molecular flexibility index (Phi) is 4.02. The zero-order chi connectivity index (χ0) is 14.7. The lowest BCUT2D eigenvalue weighted by atomic mass is 10.1. The van der Waals surface area contributed by atoms with Gasteiger partial charge < -0.3 is 15.8 Å². The predicted octanol–water partition coefficient (Wildman–Crippen LogP) is 0.923. The number of primary amides is 1. The smallest absolute Gasteiger partial charge is 0.309 e. The SMILES string of the molecule is C[C@H]1C[C@@H]1C(=O)OCC(=O)Nc1ccccc1C(N)=O. The lowest BCUT2D eigenvalue weighted by molar-refractivity contribution is -0.148. The van der Waals surface area contributed by atoms with E-state index in [4.69, 9.17) is 10.5 Å². The maximum Gasteiger partial charge on any atom is 0.309 e. The minimum Gasteiger partial charge on any atom is -0.455 e. The monoisotopic (exact) mass is 276 g/mol. The van der Waals surface area contributed by atoms with Crippen LogP contribution < -0.4 is 11.1 Å².